The van der Waals surface area contributed by atoms with Crippen molar-refractivity contribution >= 4 is 23.2 Å². The van der Waals surface area contributed by atoms with Gasteiger partial charge in [0.15, 0.2) is 0 Å². The molecule has 0 atom stereocenters. The number of hydrogen-bond donors (Lipinski definition) is 2. The molecule has 0 spiro atoms. The van der Waals surface area contributed by atoms with Crippen LogP contribution in [0.4, 0.5) is 5.69 Å². The minimum absolute atomic E-state index is 0.0356. The number of carbonyl (C=O) groups excluding carboxylic acids is 1. The summed E-state index contributed by atoms with van der Waals surface area (Å²) in [6, 6.07) is 4.31. The number of halogens is 1. The lowest BCUT2D eigenvalue weighted by Crippen LogP contribution is -2.08. The molecular weight excluding hydrogens is 230 g/mol. The van der Waals surface area contributed by atoms with E-state index >= 15 is 0 Å². The molecule has 4 nitrogen and oxygen atoms in total. The van der Waals surface area contributed by atoms with Crippen LogP contribution in [0.25, 0.3) is 0 Å². The van der Waals surface area contributed by atoms with E-state index in [0.717, 1.165) is 0 Å². The average Bonchev–Trinajstić information content (AvgIpc) is 2.24. The highest BCUT2D eigenvalue weighted by molar-refractivity contribution is 6.33. The van der Waals surface area contributed by atoms with Crippen LogP contribution in [0, 0.1) is 0 Å². The van der Waals surface area contributed by atoms with Gasteiger partial charge in [0.05, 0.1) is 23.6 Å². The summed E-state index contributed by atoms with van der Waals surface area (Å²) >= 11 is 5.82. The normalized spacial score (nSPS) is 10.4. The highest BCUT2D eigenvalue weighted by Gasteiger charge is 2.03. The average molecular weight is 242 g/mol. The number of phenolic OH excluding ortho intramolecular Hbond substituents is 1. The van der Waals surface area contributed by atoms with E-state index in [0.29, 0.717) is 17.3 Å². The Morgan fingerprint density at radius 1 is 1.62 bits per heavy atom. The third-order valence-corrected chi connectivity index (χ3v) is 2.02. The second-order valence-corrected chi connectivity index (χ2v) is 3.32. The zero-order chi connectivity index (χ0) is 12.0. The van der Waals surface area contributed by atoms with Crippen molar-refractivity contribution in [3.05, 3.63) is 35.6 Å². The quantitative estimate of drug-likeness (QED) is 0.629. The molecule has 0 bridgehead atoms. The minimum atomic E-state index is -0.374. The number of ether oxygens (including phenoxy) is 1. The first-order chi connectivity index (χ1) is 7.63. The number of aromatic hydroxyl groups is 1. The van der Waals surface area contributed by atoms with Crippen LogP contribution in [-0.4, -0.2) is 17.6 Å². The predicted octanol–water partition coefficient (Wildman–Crippen LogP) is 2.53. The molecule has 1 rings (SSSR count). The van der Waals surface area contributed by atoms with Crippen molar-refractivity contribution in [1.82, 2.24) is 0 Å². The number of anilines is 1. The summed E-state index contributed by atoms with van der Waals surface area (Å²) in [4.78, 5) is 11.3. The molecule has 1 amide bonds. The maximum Gasteiger partial charge on any atom is 0.251 e. The topological polar surface area (TPSA) is 58.6 Å². The molecule has 86 valence electrons. The molecule has 0 fully saturated rings. The SMILES string of the molecule is CCOC=CC(=O)Nc1cc(O)ccc1Cl. The van der Waals surface area contributed by atoms with Gasteiger partial charge < -0.3 is 15.2 Å². The summed E-state index contributed by atoms with van der Waals surface area (Å²) in [5.41, 5.74) is 0.354. The van der Waals surface area contributed by atoms with E-state index in [2.05, 4.69) is 5.32 Å². The number of benzene rings is 1. The van der Waals surface area contributed by atoms with Crippen LogP contribution in [0.3, 0.4) is 0 Å². The smallest absolute Gasteiger partial charge is 0.251 e. The van der Waals surface area contributed by atoms with Gasteiger partial charge in [-0.1, -0.05) is 11.6 Å². The lowest BCUT2D eigenvalue weighted by Gasteiger charge is -2.05. The third-order valence-electron chi connectivity index (χ3n) is 1.69. The van der Waals surface area contributed by atoms with Crippen molar-refractivity contribution in [3.63, 3.8) is 0 Å². The standard InChI is InChI=1S/C11H12ClNO3/c1-2-16-6-5-11(15)13-10-7-8(14)3-4-9(10)12/h3-7,14H,2H2,1H3,(H,13,15). The minimum Gasteiger partial charge on any atom is -0.508 e. The van der Waals surface area contributed by atoms with Crippen molar-refractivity contribution in [2.45, 2.75) is 6.92 Å². The molecule has 0 heterocycles. The molecule has 1 aromatic rings. The molecule has 16 heavy (non-hydrogen) atoms. The summed E-state index contributed by atoms with van der Waals surface area (Å²) in [5.74, 6) is -0.338. The number of phenols is 1. The van der Waals surface area contributed by atoms with Crippen LogP contribution >= 0.6 is 11.6 Å². The number of carbonyl (C=O) groups is 1. The Kier molecular flexibility index (Phi) is 4.66. The van der Waals surface area contributed by atoms with Crippen molar-refractivity contribution in [3.8, 4) is 5.75 Å². The fourth-order valence-corrected chi connectivity index (χ4v) is 1.15. The maximum atomic E-state index is 11.3. The Balaban J connectivity index is 2.65. The number of amides is 1. The largest absolute Gasteiger partial charge is 0.508 e. The molecule has 0 aliphatic rings. The Morgan fingerprint density at radius 3 is 3.06 bits per heavy atom. The molecule has 0 unspecified atom stereocenters. The molecule has 2 N–H and O–H groups in total. The molecule has 5 heteroatoms. The van der Waals surface area contributed by atoms with Gasteiger partial charge in [0.25, 0.3) is 5.91 Å². The molecule has 0 aromatic heterocycles. The summed E-state index contributed by atoms with van der Waals surface area (Å²) in [6.45, 7) is 2.31. The lowest BCUT2D eigenvalue weighted by atomic mass is 10.3. The maximum absolute atomic E-state index is 11.3. The zero-order valence-electron chi connectivity index (χ0n) is 8.74. The van der Waals surface area contributed by atoms with Crippen molar-refractivity contribution in [2.75, 3.05) is 11.9 Å². The van der Waals surface area contributed by atoms with Gasteiger partial charge in [-0.2, -0.15) is 0 Å². The van der Waals surface area contributed by atoms with Crippen LogP contribution < -0.4 is 5.32 Å². The van der Waals surface area contributed by atoms with Gasteiger partial charge in [-0.3, -0.25) is 4.79 Å². The summed E-state index contributed by atoms with van der Waals surface area (Å²) in [6.07, 6.45) is 2.54. The highest BCUT2D eigenvalue weighted by atomic mass is 35.5. The predicted molar refractivity (Wildman–Crippen MR) is 62.5 cm³/mol. The fraction of sp³-hybridized carbons (Fsp3) is 0.182. The summed E-state index contributed by atoms with van der Waals surface area (Å²) < 4.78 is 4.87. The molecule has 0 radical (unpaired) electrons. The van der Waals surface area contributed by atoms with E-state index in [9.17, 15) is 9.90 Å². The van der Waals surface area contributed by atoms with Crippen LogP contribution in [0.1, 0.15) is 6.92 Å². The van der Waals surface area contributed by atoms with E-state index in [1.165, 1.54) is 30.5 Å². The van der Waals surface area contributed by atoms with E-state index in [4.69, 9.17) is 16.3 Å². The molecular formula is C11H12ClNO3. The summed E-state index contributed by atoms with van der Waals surface area (Å²) in [7, 11) is 0. The van der Waals surface area contributed by atoms with Crippen LogP contribution in [0.5, 0.6) is 5.75 Å². The Hall–Kier alpha value is -1.68. The van der Waals surface area contributed by atoms with Crippen LogP contribution in [0.2, 0.25) is 5.02 Å². The van der Waals surface area contributed by atoms with Crippen LogP contribution in [0.15, 0.2) is 30.5 Å². The second kappa shape index (κ2) is 6.02. The number of hydrogen-bond acceptors (Lipinski definition) is 3. The van der Waals surface area contributed by atoms with Crippen molar-refractivity contribution < 1.29 is 14.6 Å². The van der Waals surface area contributed by atoms with E-state index in [1.807, 2.05) is 6.92 Å². The van der Waals surface area contributed by atoms with E-state index < -0.39 is 0 Å². The van der Waals surface area contributed by atoms with Gasteiger partial charge in [-0.05, 0) is 19.1 Å². The monoisotopic (exact) mass is 241 g/mol. The first-order valence-corrected chi connectivity index (χ1v) is 5.09. The number of rotatable bonds is 4. The molecule has 0 aliphatic heterocycles. The molecule has 1 aromatic carbocycles. The van der Waals surface area contributed by atoms with E-state index in [-0.39, 0.29) is 11.7 Å². The first-order valence-electron chi connectivity index (χ1n) is 4.71. The van der Waals surface area contributed by atoms with Gasteiger partial charge in [0.2, 0.25) is 0 Å². The van der Waals surface area contributed by atoms with Gasteiger partial charge in [0, 0.05) is 12.1 Å². The zero-order valence-corrected chi connectivity index (χ0v) is 9.49. The fourth-order valence-electron chi connectivity index (χ4n) is 0.990. The van der Waals surface area contributed by atoms with Gasteiger partial charge in [-0.15, -0.1) is 0 Å². The summed E-state index contributed by atoms with van der Waals surface area (Å²) in [5, 5.41) is 12.1. The van der Waals surface area contributed by atoms with E-state index in [1.54, 1.807) is 0 Å². The molecule has 0 saturated carbocycles. The third kappa shape index (κ3) is 3.82. The Labute approximate surface area is 98.5 Å². The molecule has 0 aliphatic carbocycles. The molecule has 0 saturated heterocycles. The van der Waals surface area contributed by atoms with Gasteiger partial charge in [-0.25, -0.2) is 0 Å². The van der Waals surface area contributed by atoms with Gasteiger partial charge >= 0.3 is 0 Å². The van der Waals surface area contributed by atoms with Crippen LogP contribution in [-0.2, 0) is 9.53 Å². The highest BCUT2D eigenvalue weighted by Crippen LogP contribution is 2.25. The Bertz CT molecular complexity index is 404. The van der Waals surface area contributed by atoms with Gasteiger partial charge in [0.1, 0.15) is 5.75 Å². The number of nitrogens with one attached hydrogen (secondary N) is 1. The first kappa shape index (κ1) is 12.4. The Morgan fingerprint density at radius 2 is 2.38 bits per heavy atom. The van der Waals surface area contributed by atoms with Crippen molar-refractivity contribution in [1.29, 1.82) is 0 Å². The lowest BCUT2D eigenvalue weighted by molar-refractivity contribution is -0.112. The second-order valence-electron chi connectivity index (χ2n) is 2.91. The van der Waals surface area contributed by atoms with Crippen molar-refractivity contribution in [2.24, 2.45) is 0 Å².